The lowest BCUT2D eigenvalue weighted by Gasteiger charge is -2.05. The van der Waals surface area contributed by atoms with Crippen LogP contribution >= 0.6 is 0 Å². The van der Waals surface area contributed by atoms with E-state index in [-0.39, 0.29) is 0 Å². The largest absolute Gasteiger partial charge is 0.477 e. The Bertz CT molecular complexity index is 722. The van der Waals surface area contributed by atoms with Crippen molar-refractivity contribution in [2.45, 2.75) is 6.92 Å². The second kappa shape index (κ2) is 7.41. The number of benzene rings is 2. The molecule has 1 heterocycles. The molecule has 3 aromatic rings. The number of hydrogen-bond acceptors (Lipinski definition) is 1. The first-order valence-corrected chi connectivity index (χ1v) is 7.77. The maximum Gasteiger partial charge on any atom is 0.343 e. The molecular formula is C21H19NO. The summed E-state index contributed by atoms with van der Waals surface area (Å²) in [5, 5.41) is 3.08. The third-order valence-electron chi connectivity index (χ3n) is 3.45. The van der Waals surface area contributed by atoms with E-state index in [1.165, 1.54) is 0 Å². The highest BCUT2D eigenvalue weighted by atomic mass is 16.3. The van der Waals surface area contributed by atoms with E-state index in [0.29, 0.717) is 0 Å². The van der Waals surface area contributed by atoms with Crippen molar-refractivity contribution in [2.75, 3.05) is 6.54 Å². The zero-order chi connectivity index (χ0) is 15.9. The van der Waals surface area contributed by atoms with Crippen LogP contribution in [0.5, 0.6) is 0 Å². The van der Waals surface area contributed by atoms with E-state index in [2.05, 4.69) is 35.8 Å². The first kappa shape index (κ1) is 15.0. The average Bonchev–Trinajstić information content (AvgIpc) is 2.63. The third-order valence-corrected chi connectivity index (χ3v) is 3.45. The minimum absolute atomic E-state index is 0.844. The molecule has 0 atom stereocenters. The van der Waals surface area contributed by atoms with E-state index in [9.17, 15) is 0 Å². The van der Waals surface area contributed by atoms with Gasteiger partial charge in [0.05, 0.1) is 11.1 Å². The fourth-order valence-electron chi connectivity index (χ4n) is 2.33. The van der Waals surface area contributed by atoms with Crippen LogP contribution in [0, 0.1) is 6.20 Å². The summed E-state index contributed by atoms with van der Waals surface area (Å²) in [4.78, 5) is 0. The Morgan fingerprint density at radius 3 is 1.87 bits per heavy atom. The Morgan fingerprint density at radius 2 is 1.39 bits per heavy atom. The molecule has 0 radical (unpaired) electrons. The minimum atomic E-state index is 0.844. The van der Waals surface area contributed by atoms with Crippen LogP contribution in [0.1, 0.15) is 12.5 Å². The molecule has 0 amide bonds. The fraction of sp³-hybridized carbons (Fsp3) is 0.0952. The maximum absolute atomic E-state index is 6.13. The molecule has 2 nitrogen and oxygen atoms in total. The van der Waals surface area contributed by atoms with Crippen molar-refractivity contribution in [3.8, 4) is 22.6 Å². The zero-order valence-electron chi connectivity index (χ0n) is 13.1. The Balaban J connectivity index is 2.07. The van der Waals surface area contributed by atoms with Gasteiger partial charge in [-0.3, -0.25) is 0 Å². The predicted octanol–water partition coefficient (Wildman–Crippen LogP) is 5.28. The van der Waals surface area contributed by atoms with Gasteiger partial charge in [0.25, 0.3) is 0 Å². The molecule has 0 saturated carbocycles. The standard InChI is InChI=1S/C21H19NO/c1-2-22-14-13-17-15-20(18-9-5-3-6-10-18)23-21(16-17)19-11-7-4-8-12-19/h3-13,15-16,22H,2H2,1H3. The van der Waals surface area contributed by atoms with Crippen molar-refractivity contribution < 1.29 is 4.42 Å². The van der Waals surface area contributed by atoms with Gasteiger partial charge in [-0.2, -0.15) is 11.8 Å². The van der Waals surface area contributed by atoms with E-state index in [1.807, 2.05) is 61.5 Å². The smallest absolute Gasteiger partial charge is 0.343 e. The SMILES string of the molecule is CCN[C-]=Cc1cc(-c2ccccc2)[o+]c(-c2ccccc2)c1. The summed E-state index contributed by atoms with van der Waals surface area (Å²) in [7, 11) is 0. The van der Waals surface area contributed by atoms with Crippen LogP contribution in [0.2, 0.25) is 0 Å². The van der Waals surface area contributed by atoms with Crippen molar-refractivity contribution in [3.05, 3.63) is 84.6 Å². The molecule has 3 rings (SSSR count). The van der Waals surface area contributed by atoms with Crippen LogP contribution in [0.4, 0.5) is 0 Å². The summed E-state index contributed by atoms with van der Waals surface area (Å²) in [6.45, 7) is 2.90. The average molecular weight is 301 g/mol. The molecule has 1 N–H and O–H groups in total. The van der Waals surface area contributed by atoms with Crippen molar-refractivity contribution >= 4 is 6.08 Å². The second-order valence-electron chi connectivity index (χ2n) is 5.17. The molecule has 0 saturated heterocycles. The highest BCUT2D eigenvalue weighted by Gasteiger charge is 2.15. The first-order valence-electron chi connectivity index (χ1n) is 7.77. The molecule has 2 aromatic carbocycles. The molecule has 1 aromatic heterocycles. The quantitative estimate of drug-likeness (QED) is 0.394. The summed E-state index contributed by atoms with van der Waals surface area (Å²) in [5.41, 5.74) is 3.17. The monoisotopic (exact) mass is 301 g/mol. The Hall–Kier alpha value is -2.87. The lowest BCUT2D eigenvalue weighted by Crippen LogP contribution is -2.02. The molecule has 0 aliphatic heterocycles. The Kier molecular flexibility index (Phi) is 4.85. The molecule has 114 valence electrons. The van der Waals surface area contributed by atoms with Crippen molar-refractivity contribution in [2.24, 2.45) is 0 Å². The van der Waals surface area contributed by atoms with Crippen LogP contribution in [0.3, 0.4) is 0 Å². The van der Waals surface area contributed by atoms with Gasteiger partial charge in [0, 0.05) is 0 Å². The predicted molar refractivity (Wildman–Crippen MR) is 95.4 cm³/mol. The molecule has 0 aliphatic carbocycles. The van der Waals surface area contributed by atoms with Crippen molar-refractivity contribution in [3.63, 3.8) is 0 Å². The molecule has 0 spiro atoms. The summed E-state index contributed by atoms with van der Waals surface area (Å²) in [6, 6.07) is 24.3. The normalized spacial score (nSPS) is 10.8. The lowest BCUT2D eigenvalue weighted by molar-refractivity contribution is 0.581. The lowest BCUT2D eigenvalue weighted by atomic mass is 10.1. The fourth-order valence-corrected chi connectivity index (χ4v) is 2.33. The van der Waals surface area contributed by atoms with Gasteiger partial charge in [0.1, 0.15) is 0 Å². The minimum Gasteiger partial charge on any atom is -0.477 e. The zero-order valence-corrected chi connectivity index (χ0v) is 13.1. The van der Waals surface area contributed by atoms with E-state index < -0.39 is 0 Å². The topological polar surface area (TPSA) is 23.3 Å². The molecular weight excluding hydrogens is 282 g/mol. The van der Waals surface area contributed by atoms with Gasteiger partial charge in [-0.1, -0.05) is 36.4 Å². The summed E-state index contributed by atoms with van der Waals surface area (Å²) in [5.74, 6) is 1.69. The number of nitrogens with one attached hydrogen (secondary N) is 1. The van der Waals surface area contributed by atoms with Crippen LogP contribution < -0.4 is 5.32 Å². The molecule has 23 heavy (non-hydrogen) atoms. The van der Waals surface area contributed by atoms with Gasteiger partial charge in [-0.15, -0.1) is 0 Å². The van der Waals surface area contributed by atoms with Gasteiger partial charge >= 0.3 is 11.5 Å². The molecule has 0 fully saturated rings. The van der Waals surface area contributed by atoms with Crippen LogP contribution in [-0.4, -0.2) is 6.54 Å². The summed E-state index contributed by atoms with van der Waals surface area (Å²) in [6.07, 6.45) is 5.03. The molecule has 0 bridgehead atoms. The van der Waals surface area contributed by atoms with Gasteiger partial charge < -0.3 is 5.32 Å². The van der Waals surface area contributed by atoms with Crippen LogP contribution in [0.15, 0.2) is 77.2 Å². The number of hydrogen-bond donors (Lipinski definition) is 1. The third kappa shape index (κ3) is 3.86. The first-order chi connectivity index (χ1) is 11.4. The highest BCUT2D eigenvalue weighted by Crippen LogP contribution is 2.28. The molecule has 2 heteroatoms. The molecule has 0 aliphatic rings. The van der Waals surface area contributed by atoms with Gasteiger partial charge in [0.15, 0.2) is 0 Å². The van der Waals surface area contributed by atoms with Crippen molar-refractivity contribution in [1.29, 1.82) is 0 Å². The van der Waals surface area contributed by atoms with Gasteiger partial charge in [0.2, 0.25) is 0 Å². The van der Waals surface area contributed by atoms with Crippen molar-refractivity contribution in [1.82, 2.24) is 5.32 Å². The summed E-state index contributed by atoms with van der Waals surface area (Å²) >= 11 is 0. The van der Waals surface area contributed by atoms with E-state index in [1.54, 1.807) is 0 Å². The highest BCUT2D eigenvalue weighted by molar-refractivity contribution is 5.67. The van der Waals surface area contributed by atoms with Gasteiger partial charge in [-0.05, 0) is 49.9 Å². The summed E-state index contributed by atoms with van der Waals surface area (Å²) < 4.78 is 6.13. The van der Waals surface area contributed by atoms with Crippen LogP contribution in [-0.2, 0) is 0 Å². The van der Waals surface area contributed by atoms with Crippen LogP contribution in [0.25, 0.3) is 28.7 Å². The second-order valence-corrected chi connectivity index (χ2v) is 5.17. The van der Waals surface area contributed by atoms with E-state index in [0.717, 1.165) is 34.8 Å². The molecule has 0 unspecified atom stereocenters. The Morgan fingerprint density at radius 1 is 0.870 bits per heavy atom. The van der Waals surface area contributed by atoms with Gasteiger partial charge in [-0.25, -0.2) is 10.5 Å². The van der Waals surface area contributed by atoms with E-state index in [4.69, 9.17) is 4.42 Å². The number of rotatable bonds is 5. The van der Waals surface area contributed by atoms with E-state index >= 15 is 0 Å². The maximum atomic E-state index is 6.13. The Labute approximate surface area is 137 Å².